The Morgan fingerprint density at radius 3 is 2.33 bits per heavy atom. The molecule has 0 aromatic carbocycles. The van der Waals surface area contributed by atoms with E-state index in [0.29, 0.717) is 6.04 Å². The van der Waals surface area contributed by atoms with Gasteiger partial charge in [0.25, 0.3) is 0 Å². The molecule has 0 saturated carbocycles. The molecule has 0 aliphatic carbocycles. The highest BCUT2D eigenvalue weighted by Crippen LogP contribution is 2.09. The third-order valence-electron chi connectivity index (χ3n) is 2.45. The number of halogens is 1. The normalized spacial score (nSPS) is 15.1. The second-order valence-electron chi connectivity index (χ2n) is 4.61. The molecule has 0 radical (unpaired) electrons. The van der Waals surface area contributed by atoms with Crippen LogP contribution in [0.15, 0.2) is 0 Å². The van der Waals surface area contributed by atoms with Crippen molar-refractivity contribution >= 4 is 21.8 Å². The lowest BCUT2D eigenvalue weighted by Crippen LogP contribution is -2.37. The Morgan fingerprint density at radius 2 is 1.87 bits per heavy atom. The van der Waals surface area contributed by atoms with Crippen LogP contribution in [0.5, 0.6) is 0 Å². The predicted octanol–water partition coefficient (Wildman–Crippen LogP) is 3.49. The van der Waals surface area contributed by atoms with Gasteiger partial charge in [-0.05, 0) is 25.7 Å². The van der Waals surface area contributed by atoms with Crippen molar-refractivity contribution in [1.29, 1.82) is 0 Å². The molecule has 2 atom stereocenters. The third kappa shape index (κ3) is 7.83. The third-order valence-corrected chi connectivity index (χ3v) is 3.51. The smallest absolute Gasteiger partial charge is 0.233 e. The molecule has 15 heavy (non-hydrogen) atoms. The van der Waals surface area contributed by atoms with E-state index in [-0.39, 0.29) is 10.7 Å². The maximum Gasteiger partial charge on any atom is 0.233 e. The lowest BCUT2D eigenvalue weighted by Gasteiger charge is -2.16. The van der Waals surface area contributed by atoms with E-state index in [1.807, 2.05) is 6.92 Å². The van der Waals surface area contributed by atoms with E-state index in [1.54, 1.807) is 0 Å². The molecule has 0 aromatic heterocycles. The second kappa shape index (κ2) is 8.14. The number of amides is 1. The molecule has 3 heteroatoms. The fourth-order valence-corrected chi connectivity index (χ4v) is 1.56. The Morgan fingerprint density at radius 1 is 1.27 bits per heavy atom. The molecule has 0 aliphatic rings. The van der Waals surface area contributed by atoms with Gasteiger partial charge in [0, 0.05) is 6.04 Å². The SMILES string of the molecule is CCC(Br)C(=O)NC(C)CCCC(C)C. The first-order valence-electron chi connectivity index (χ1n) is 5.91. The highest BCUT2D eigenvalue weighted by atomic mass is 79.9. The van der Waals surface area contributed by atoms with Gasteiger partial charge in [0.1, 0.15) is 0 Å². The zero-order chi connectivity index (χ0) is 11.8. The van der Waals surface area contributed by atoms with Gasteiger partial charge in [0.2, 0.25) is 5.91 Å². The van der Waals surface area contributed by atoms with Crippen LogP contribution in [0.2, 0.25) is 0 Å². The summed E-state index contributed by atoms with van der Waals surface area (Å²) in [6, 6.07) is 0.294. The Labute approximate surface area is 102 Å². The van der Waals surface area contributed by atoms with E-state index in [0.717, 1.165) is 18.8 Å². The monoisotopic (exact) mass is 277 g/mol. The van der Waals surface area contributed by atoms with E-state index in [1.165, 1.54) is 12.8 Å². The quantitative estimate of drug-likeness (QED) is 0.710. The molecule has 0 fully saturated rings. The zero-order valence-electron chi connectivity index (χ0n) is 10.3. The van der Waals surface area contributed by atoms with Crippen molar-refractivity contribution < 1.29 is 4.79 Å². The molecule has 0 saturated heterocycles. The van der Waals surface area contributed by atoms with Gasteiger partial charge in [-0.1, -0.05) is 49.5 Å². The van der Waals surface area contributed by atoms with E-state index >= 15 is 0 Å². The topological polar surface area (TPSA) is 29.1 Å². The first kappa shape index (κ1) is 14.9. The summed E-state index contributed by atoms with van der Waals surface area (Å²) >= 11 is 3.35. The Bertz CT molecular complexity index is 182. The minimum atomic E-state index is -0.0370. The molecule has 1 N–H and O–H groups in total. The predicted molar refractivity (Wildman–Crippen MR) is 69.3 cm³/mol. The number of carbonyl (C=O) groups is 1. The van der Waals surface area contributed by atoms with Gasteiger partial charge in [-0.2, -0.15) is 0 Å². The van der Waals surface area contributed by atoms with Crippen LogP contribution in [0.4, 0.5) is 0 Å². The standard InChI is InChI=1S/C12H24BrNO/c1-5-11(13)12(15)14-10(4)8-6-7-9(2)3/h9-11H,5-8H2,1-4H3,(H,14,15). The zero-order valence-corrected chi connectivity index (χ0v) is 11.9. The van der Waals surface area contributed by atoms with E-state index in [4.69, 9.17) is 0 Å². The fourth-order valence-electron chi connectivity index (χ4n) is 1.42. The molecule has 90 valence electrons. The molecule has 0 aromatic rings. The molecular weight excluding hydrogens is 254 g/mol. The lowest BCUT2D eigenvalue weighted by molar-refractivity contribution is -0.121. The summed E-state index contributed by atoms with van der Waals surface area (Å²) in [5, 5.41) is 3.02. The van der Waals surface area contributed by atoms with Crippen LogP contribution in [0, 0.1) is 5.92 Å². The second-order valence-corrected chi connectivity index (χ2v) is 5.72. The molecule has 2 nitrogen and oxygen atoms in total. The number of rotatable bonds is 7. The molecule has 0 heterocycles. The van der Waals surface area contributed by atoms with Gasteiger partial charge >= 0.3 is 0 Å². The number of alkyl halides is 1. The van der Waals surface area contributed by atoms with Gasteiger partial charge in [-0.3, -0.25) is 4.79 Å². The van der Waals surface area contributed by atoms with Crippen molar-refractivity contribution in [3.63, 3.8) is 0 Å². The van der Waals surface area contributed by atoms with Crippen molar-refractivity contribution in [3.05, 3.63) is 0 Å². The maximum absolute atomic E-state index is 11.5. The van der Waals surface area contributed by atoms with Crippen LogP contribution >= 0.6 is 15.9 Å². The number of hydrogen-bond acceptors (Lipinski definition) is 1. The van der Waals surface area contributed by atoms with Crippen LogP contribution in [0.1, 0.15) is 53.4 Å². The highest BCUT2D eigenvalue weighted by molar-refractivity contribution is 9.10. The fraction of sp³-hybridized carbons (Fsp3) is 0.917. The van der Waals surface area contributed by atoms with Crippen LogP contribution in [-0.2, 0) is 4.79 Å². The van der Waals surface area contributed by atoms with Gasteiger partial charge in [-0.15, -0.1) is 0 Å². The van der Waals surface area contributed by atoms with Crippen molar-refractivity contribution in [2.75, 3.05) is 0 Å². The Hall–Kier alpha value is -0.0500. The lowest BCUT2D eigenvalue weighted by atomic mass is 10.0. The molecule has 0 bridgehead atoms. The number of nitrogens with one attached hydrogen (secondary N) is 1. The molecular formula is C12H24BrNO. The van der Waals surface area contributed by atoms with E-state index in [2.05, 4.69) is 42.0 Å². The van der Waals surface area contributed by atoms with Crippen molar-refractivity contribution in [2.45, 2.75) is 64.2 Å². The Balaban J connectivity index is 3.64. The molecule has 2 unspecified atom stereocenters. The summed E-state index contributed by atoms with van der Waals surface area (Å²) in [4.78, 5) is 11.5. The van der Waals surface area contributed by atoms with Crippen molar-refractivity contribution in [1.82, 2.24) is 5.32 Å². The highest BCUT2D eigenvalue weighted by Gasteiger charge is 2.14. The molecule has 0 spiro atoms. The van der Waals surface area contributed by atoms with Crippen LogP contribution in [0.3, 0.4) is 0 Å². The summed E-state index contributed by atoms with van der Waals surface area (Å²) < 4.78 is 0. The maximum atomic E-state index is 11.5. The van der Waals surface area contributed by atoms with Gasteiger partial charge in [0.15, 0.2) is 0 Å². The first-order chi connectivity index (χ1) is 6.97. The van der Waals surface area contributed by atoms with Crippen LogP contribution < -0.4 is 5.32 Å². The van der Waals surface area contributed by atoms with E-state index in [9.17, 15) is 4.79 Å². The number of carbonyl (C=O) groups excluding carboxylic acids is 1. The summed E-state index contributed by atoms with van der Waals surface area (Å²) in [5.74, 6) is 0.877. The van der Waals surface area contributed by atoms with Gasteiger partial charge < -0.3 is 5.32 Å². The molecule has 0 rings (SSSR count). The van der Waals surface area contributed by atoms with Crippen molar-refractivity contribution in [3.8, 4) is 0 Å². The first-order valence-corrected chi connectivity index (χ1v) is 6.83. The largest absolute Gasteiger partial charge is 0.353 e. The average Bonchev–Trinajstić information content (AvgIpc) is 2.15. The molecule has 1 amide bonds. The summed E-state index contributed by atoms with van der Waals surface area (Å²) in [7, 11) is 0. The van der Waals surface area contributed by atoms with E-state index < -0.39 is 0 Å². The van der Waals surface area contributed by atoms with Crippen molar-refractivity contribution in [2.24, 2.45) is 5.92 Å². The summed E-state index contributed by atoms with van der Waals surface area (Å²) in [5.41, 5.74) is 0. The minimum absolute atomic E-state index is 0.0370. The summed E-state index contributed by atoms with van der Waals surface area (Å²) in [6.07, 6.45) is 4.35. The van der Waals surface area contributed by atoms with Gasteiger partial charge in [-0.25, -0.2) is 0 Å². The minimum Gasteiger partial charge on any atom is -0.353 e. The van der Waals surface area contributed by atoms with Crippen LogP contribution in [-0.4, -0.2) is 16.8 Å². The van der Waals surface area contributed by atoms with Gasteiger partial charge in [0.05, 0.1) is 4.83 Å². The average molecular weight is 278 g/mol. The molecule has 0 aliphatic heterocycles. The van der Waals surface area contributed by atoms with Crippen LogP contribution in [0.25, 0.3) is 0 Å². The number of hydrogen-bond donors (Lipinski definition) is 1. The Kier molecular flexibility index (Phi) is 8.12. The summed E-state index contributed by atoms with van der Waals surface area (Å²) in [6.45, 7) is 8.54.